The molecule has 0 amide bonds. The van der Waals surface area contributed by atoms with Gasteiger partial charge in [-0.1, -0.05) is 18.2 Å². The van der Waals surface area contributed by atoms with Crippen LogP contribution < -0.4 is 15.8 Å². The molecule has 0 bridgehead atoms. The number of para-hydroxylation sites is 1. The van der Waals surface area contributed by atoms with Crippen LogP contribution in [-0.4, -0.2) is 45.1 Å². The van der Waals surface area contributed by atoms with Gasteiger partial charge in [-0.25, -0.2) is 22.5 Å². The first-order valence-electron chi connectivity index (χ1n) is 9.51. The Labute approximate surface area is 184 Å². The number of H-pyrrole nitrogens is 1. The fraction of sp³-hybridized carbons (Fsp3) is 0.389. The molecule has 10 nitrogen and oxygen atoms in total. The van der Waals surface area contributed by atoms with Gasteiger partial charge in [0.2, 0.25) is 19.1 Å². The first-order valence-corrected chi connectivity index (χ1v) is 10.6. The van der Waals surface area contributed by atoms with Crippen molar-refractivity contribution in [2.24, 2.45) is 0 Å². The summed E-state index contributed by atoms with van der Waals surface area (Å²) in [4.78, 5) is 21.9. The van der Waals surface area contributed by atoms with Gasteiger partial charge in [0.25, 0.3) is 11.5 Å². The molecule has 3 unspecified atom stereocenters. The highest BCUT2D eigenvalue weighted by molar-refractivity contribution is 7.42. The standard InChI is InChI=1S/C17H16F2N5O5P.CH2F2/c18-17(19)5-10(7-27-30-26-6-9-3-1-2-4-11(9)29-30)28-15(17)24-8-21-12-13(24)22-16(20)23-14(12)25;2-1-3/h1-4,8,10,15H,5-7H2,(H3,20,22,23,25);1H2. The molecule has 1 saturated heterocycles. The van der Waals surface area contributed by atoms with Gasteiger partial charge in [0.1, 0.15) is 5.75 Å². The number of nitrogens with one attached hydrogen (secondary N) is 1. The second kappa shape index (κ2) is 9.59. The summed E-state index contributed by atoms with van der Waals surface area (Å²) in [7, 11) is -1.72. The van der Waals surface area contributed by atoms with Crippen LogP contribution >= 0.6 is 8.60 Å². The maximum absolute atomic E-state index is 14.7. The zero-order valence-corrected chi connectivity index (χ0v) is 17.7. The third-order valence-corrected chi connectivity index (χ3v) is 5.77. The highest BCUT2D eigenvalue weighted by Gasteiger charge is 2.52. The molecule has 0 saturated carbocycles. The SMILES string of the molecule is FCF.Nc1nc2c(ncn2C2OC(COP3OCc4ccccc4O3)CC2(F)F)c(=O)[nH]1. The Hall–Kier alpha value is -2.80. The van der Waals surface area contributed by atoms with Crippen LogP contribution in [0.5, 0.6) is 5.75 Å². The average Bonchev–Trinajstić information content (AvgIpc) is 3.32. The summed E-state index contributed by atoms with van der Waals surface area (Å²) in [6.45, 7) is -1.59. The molecule has 2 aliphatic rings. The van der Waals surface area contributed by atoms with Crippen LogP contribution in [0.15, 0.2) is 35.4 Å². The zero-order chi connectivity index (χ0) is 23.6. The van der Waals surface area contributed by atoms with E-state index in [-0.39, 0.29) is 23.7 Å². The Bertz CT molecular complexity index is 1180. The molecule has 4 heterocycles. The summed E-state index contributed by atoms with van der Waals surface area (Å²) in [6.07, 6.45) is -2.13. The van der Waals surface area contributed by atoms with Gasteiger partial charge < -0.3 is 15.0 Å². The van der Waals surface area contributed by atoms with E-state index in [4.69, 9.17) is 24.0 Å². The molecule has 3 atom stereocenters. The minimum Gasteiger partial charge on any atom is -0.426 e. The van der Waals surface area contributed by atoms with E-state index < -0.39 is 45.8 Å². The van der Waals surface area contributed by atoms with Gasteiger partial charge in [-0.3, -0.25) is 23.4 Å². The van der Waals surface area contributed by atoms with Crippen LogP contribution in [0.2, 0.25) is 0 Å². The predicted octanol–water partition coefficient (Wildman–Crippen LogP) is 3.36. The Kier molecular flexibility index (Phi) is 6.79. The van der Waals surface area contributed by atoms with Gasteiger partial charge >= 0.3 is 8.60 Å². The Morgan fingerprint density at radius 2 is 2.09 bits per heavy atom. The minimum atomic E-state index is -3.24. The topological polar surface area (TPSA) is 127 Å². The molecule has 0 spiro atoms. The van der Waals surface area contributed by atoms with E-state index in [0.717, 1.165) is 16.5 Å². The van der Waals surface area contributed by atoms with E-state index in [2.05, 4.69) is 15.0 Å². The monoisotopic (exact) mass is 491 g/mol. The van der Waals surface area contributed by atoms with Crippen molar-refractivity contribution in [1.82, 2.24) is 19.5 Å². The number of benzene rings is 1. The number of nitrogen functional groups attached to an aromatic ring is 1. The number of aromatic nitrogens is 4. The number of anilines is 1. The number of halogens is 4. The molecule has 178 valence electrons. The van der Waals surface area contributed by atoms with Gasteiger partial charge in [0, 0.05) is 12.0 Å². The van der Waals surface area contributed by atoms with Gasteiger partial charge in [-0.2, -0.15) is 4.98 Å². The summed E-state index contributed by atoms with van der Waals surface area (Å²) in [5.41, 5.74) is 5.61. The van der Waals surface area contributed by atoms with Gasteiger partial charge in [0.15, 0.2) is 11.2 Å². The normalized spacial score (nSPS) is 23.5. The van der Waals surface area contributed by atoms with E-state index in [1.54, 1.807) is 6.07 Å². The quantitative estimate of drug-likeness (QED) is 0.420. The van der Waals surface area contributed by atoms with Crippen molar-refractivity contribution in [3.05, 3.63) is 46.5 Å². The number of fused-ring (bicyclic) bond motifs is 2. The van der Waals surface area contributed by atoms with Crippen LogP contribution in [-0.2, 0) is 20.4 Å². The fourth-order valence-electron chi connectivity index (χ4n) is 3.36. The summed E-state index contributed by atoms with van der Waals surface area (Å²) < 4.78 is 71.8. The first kappa shape index (κ1) is 23.4. The van der Waals surface area contributed by atoms with Crippen molar-refractivity contribution in [1.29, 1.82) is 0 Å². The molecule has 5 rings (SSSR count). The summed E-state index contributed by atoms with van der Waals surface area (Å²) in [5.74, 6) is -2.80. The van der Waals surface area contributed by atoms with E-state index in [9.17, 15) is 22.4 Å². The van der Waals surface area contributed by atoms with Crippen molar-refractivity contribution < 1.29 is 35.9 Å². The summed E-state index contributed by atoms with van der Waals surface area (Å²) in [6, 6.07) is 7.35. The highest BCUT2D eigenvalue weighted by Crippen LogP contribution is 2.49. The summed E-state index contributed by atoms with van der Waals surface area (Å²) in [5, 5.41) is 0. The number of nitrogens with zero attached hydrogens (tertiary/aromatic N) is 3. The van der Waals surface area contributed by atoms with E-state index in [0.29, 0.717) is 12.4 Å². The predicted molar refractivity (Wildman–Crippen MR) is 108 cm³/mol. The largest absolute Gasteiger partial charge is 0.426 e. The Morgan fingerprint density at radius 1 is 1.33 bits per heavy atom. The number of nitrogens with two attached hydrogens (primary N) is 1. The lowest BCUT2D eigenvalue weighted by Gasteiger charge is -2.24. The second-order valence-corrected chi connectivity index (χ2v) is 8.09. The minimum absolute atomic E-state index is 0.0811. The van der Waals surface area contributed by atoms with Crippen molar-refractivity contribution >= 4 is 25.7 Å². The lowest BCUT2D eigenvalue weighted by Crippen LogP contribution is -2.26. The molecule has 2 aromatic heterocycles. The average molecular weight is 491 g/mol. The molecule has 1 fully saturated rings. The number of hydrogen-bond donors (Lipinski definition) is 2. The molecule has 3 aromatic rings. The molecule has 0 radical (unpaired) electrons. The van der Waals surface area contributed by atoms with E-state index in [1.807, 2.05) is 18.2 Å². The molecule has 2 aliphatic heterocycles. The molecule has 33 heavy (non-hydrogen) atoms. The fourth-order valence-corrected chi connectivity index (χ4v) is 4.42. The van der Waals surface area contributed by atoms with Crippen LogP contribution in [0.4, 0.5) is 23.5 Å². The van der Waals surface area contributed by atoms with Crippen LogP contribution in [0, 0.1) is 0 Å². The third-order valence-electron chi connectivity index (χ3n) is 4.72. The molecular formula is C18H18F4N5O5P. The van der Waals surface area contributed by atoms with Crippen LogP contribution in [0.3, 0.4) is 0 Å². The summed E-state index contributed by atoms with van der Waals surface area (Å²) >= 11 is 0. The van der Waals surface area contributed by atoms with Crippen molar-refractivity contribution in [3.8, 4) is 5.75 Å². The van der Waals surface area contributed by atoms with Crippen molar-refractivity contribution in [2.75, 3.05) is 19.3 Å². The van der Waals surface area contributed by atoms with Crippen molar-refractivity contribution in [3.63, 3.8) is 0 Å². The molecular weight excluding hydrogens is 473 g/mol. The third kappa shape index (κ3) is 4.93. The molecule has 1 aromatic carbocycles. The second-order valence-electron chi connectivity index (χ2n) is 6.94. The highest BCUT2D eigenvalue weighted by atomic mass is 31.2. The number of imidazole rings is 1. The van der Waals surface area contributed by atoms with Crippen LogP contribution in [0.25, 0.3) is 11.2 Å². The Balaban J connectivity index is 0.000000821. The smallest absolute Gasteiger partial charge is 0.397 e. The number of aromatic amines is 1. The lowest BCUT2D eigenvalue weighted by molar-refractivity contribution is -0.116. The van der Waals surface area contributed by atoms with Gasteiger partial charge in [-0.15, -0.1) is 0 Å². The number of alkyl halides is 4. The number of hydrogen-bond acceptors (Lipinski definition) is 8. The molecule has 0 aliphatic carbocycles. The maximum atomic E-state index is 14.7. The van der Waals surface area contributed by atoms with Crippen LogP contribution in [0.1, 0.15) is 18.2 Å². The van der Waals surface area contributed by atoms with Gasteiger partial charge in [0.05, 0.1) is 25.6 Å². The van der Waals surface area contributed by atoms with Crippen molar-refractivity contribution in [2.45, 2.75) is 31.3 Å². The molecule has 15 heteroatoms. The first-order chi connectivity index (χ1) is 15.8. The number of rotatable bonds is 4. The van der Waals surface area contributed by atoms with E-state index >= 15 is 0 Å². The maximum Gasteiger partial charge on any atom is 0.397 e. The Morgan fingerprint density at radius 3 is 2.88 bits per heavy atom. The van der Waals surface area contributed by atoms with E-state index in [1.165, 1.54) is 0 Å². The number of ether oxygens (including phenoxy) is 1. The molecule has 3 N–H and O–H groups in total. The van der Waals surface area contributed by atoms with Gasteiger partial charge in [-0.05, 0) is 6.07 Å². The zero-order valence-electron chi connectivity index (χ0n) is 16.8. The lowest BCUT2D eigenvalue weighted by atomic mass is 10.2.